The van der Waals surface area contributed by atoms with Gasteiger partial charge in [0.25, 0.3) is 0 Å². The number of aryl methyl sites for hydroxylation is 1. The lowest BCUT2D eigenvalue weighted by molar-refractivity contribution is -0.133. The number of ether oxygens (including phenoxy) is 2. The number of likely N-dealkylation sites (tertiary alicyclic amines) is 1. The molecule has 2 heterocycles. The van der Waals surface area contributed by atoms with Crippen molar-refractivity contribution in [1.82, 2.24) is 9.80 Å². The van der Waals surface area contributed by atoms with Crippen molar-refractivity contribution in [1.29, 1.82) is 0 Å². The SMILES string of the molecule is CCOc1ccc(CC(=O)N2CCC3(CCCCc4ccccc4OCCN(C)C3)CC2)cc1. The molecule has 2 aromatic rings. The summed E-state index contributed by atoms with van der Waals surface area (Å²) < 4.78 is 11.6. The van der Waals surface area contributed by atoms with E-state index in [9.17, 15) is 4.79 Å². The number of amides is 1. The number of hydrogen-bond donors (Lipinski definition) is 0. The molecule has 34 heavy (non-hydrogen) atoms. The van der Waals surface area contributed by atoms with Crippen LogP contribution in [0.3, 0.4) is 0 Å². The molecule has 0 N–H and O–H groups in total. The van der Waals surface area contributed by atoms with Crippen LogP contribution in [-0.2, 0) is 17.6 Å². The van der Waals surface area contributed by atoms with Gasteiger partial charge in [-0.05, 0) is 80.8 Å². The van der Waals surface area contributed by atoms with Crippen molar-refractivity contribution in [2.75, 3.05) is 46.4 Å². The minimum Gasteiger partial charge on any atom is -0.494 e. The van der Waals surface area contributed by atoms with Crippen LogP contribution < -0.4 is 9.47 Å². The lowest BCUT2D eigenvalue weighted by atomic mass is 9.73. The fourth-order valence-corrected chi connectivity index (χ4v) is 5.50. The lowest BCUT2D eigenvalue weighted by Gasteiger charge is -2.44. The van der Waals surface area contributed by atoms with Crippen LogP contribution in [0.15, 0.2) is 48.5 Å². The van der Waals surface area contributed by atoms with Gasteiger partial charge in [-0.2, -0.15) is 0 Å². The smallest absolute Gasteiger partial charge is 0.226 e. The number of piperidine rings is 1. The predicted octanol–water partition coefficient (Wildman–Crippen LogP) is 4.97. The van der Waals surface area contributed by atoms with Gasteiger partial charge in [-0.25, -0.2) is 0 Å². The Morgan fingerprint density at radius 3 is 2.53 bits per heavy atom. The topological polar surface area (TPSA) is 42.0 Å². The van der Waals surface area contributed by atoms with Gasteiger partial charge >= 0.3 is 0 Å². The summed E-state index contributed by atoms with van der Waals surface area (Å²) in [5.74, 6) is 2.15. The van der Waals surface area contributed by atoms with Crippen LogP contribution in [0, 0.1) is 5.41 Å². The zero-order valence-electron chi connectivity index (χ0n) is 20.9. The molecule has 1 saturated heterocycles. The first-order chi connectivity index (χ1) is 16.6. The predicted molar refractivity (Wildman–Crippen MR) is 137 cm³/mol. The number of carbonyl (C=O) groups is 1. The quantitative estimate of drug-likeness (QED) is 0.640. The van der Waals surface area contributed by atoms with E-state index in [0.29, 0.717) is 18.4 Å². The van der Waals surface area contributed by atoms with E-state index in [2.05, 4.69) is 41.1 Å². The van der Waals surface area contributed by atoms with Crippen LogP contribution in [0.4, 0.5) is 0 Å². The van der Waals surface area contributed by atoms with Crippen molar-refractivity contribution in [3.63, 3.8) is 0 Å². The molecule has 2 aliphatic heterocycles. The van der Waals surface area contributed by atoms with Gasteiger partial charge in [-0.3, -0.25) is 4.79 Å². The normalized spacial score (nSPS) is 19.4. The molecule has 0 saturated carbocycles. The molecule has 0 bridgehead atoms. The number of benzene rings is 2. The first-order valence-electron chi connectivity index (χ1n) is 13.0. The summed E-state index contributed by atoms with van der Waals surface area (Å²) in [6.07, 6.45) is 7.37. The third-order valence-corrected chi connectivity index (χ3v) is 7.48. The number of likely N-dealkylation sites (N-methyl/N-ethyl adjacent to an activating group) is 1. The summed E-state index contributed by atoms with van der Waals surface area (Å²) in [4.78, 5) is 17.5. The van der Waals surface area contributed by atoms with Crippen molar-refractivity contribution in [3.05, 3.63) is 59.7 Å². The highest BCUT2D eigenvalue weighted by atomic mass is 16.5. The van der Waals surface area contributed by atoms with Gasteiger partial charge in [-0.15, -0.1) is 0 Å². The summed E-state index contributed by atoms with van der Waals surface area (Å²) >= 11 is 0. The van der Waals surface area contributed by atoms with Crippen LogP contribution in [0.5, 0.6) is 11.5 Å². The maximum Gasteiger partial charge on any atom is 0.226 e. The summed E-state index contributed by atoms with van der Waals surface area (Å²) in [6.45, 7) is 7.09. The fourth-order valence-electron chi connectivity index (χ4n) is 5.50. The molecule has 184 valence electrons. The van der Waals surface area contributed by atoms with Crippen LogP contribution in [0.1, 0.15) is 50.2 Å². The second-order valence-electron chi connectivity index (χ2n) is 10.0. The molecule has 0 atom stereocenters. The van der Waals surface area contributed by atoms with Crippen molar-refractivity contribution < 1.29 is 14.3 Å². The number of hydrogen-bond acceptors (Lipinski definition) is 4. The second-order valence-corrected chi connectivity index (χ2v) is 10.0. The minimum atomic E-state index is 0.241. The van der Waals surface area contributed by atoms with Gasteiger partial charge in [-0.1, -0.05) is 36.8 Å². The number of para-hydroxylation sites is 1. The van der Waals surface area contributed by atoms with E-state index in [0.717, 1.165) is 69.1 Å². The third-order valence-electron chi connectivity index (χ3n) is 7.48. The van der Waals surface area contributed by atoms with E-state index in [-0.39, 0.29) is 5.91 Å². The molecule has 5 nitrogen and oxygen atoms in total. The molecule has 5 heteroatoms. The van der Waals surface area contributed by atoms with Crippen LogP contribution in [0.25, 0.3) is 0 Å². The highest BCUT2D eigenvalue weighted by molar-refractivity contribution is 5.79. The van der Waals surface area contributed by atoms with E-state index in [1.54, 1.807) is 0 Å². The molecule has 0 aliphatic carbocycles. The summed E-state index contributed by atoms with van der Waals surface area (Å²) in [7, 11) is 2.21. The zero-order chi connectivity index (χ0) is 23.8. The van der Waals surface area contributed by atoms with E-state index in [4.69, 9.17) is 9.47 Å². The Labute approximate surface area is 205 Å². The van der Waals surface area contributed by atoms with Crippen LogP contribution >= 0.6 is 0 Å². The molecule has 1 amide bonds. The molecule has 0 unspecified atom stereocenters. The fraction of sp³-hybridized carbons (Fsp3) is 0.552. The van der Waals surface area contributed by atoms with Crippen molar-refractivity contribution in [2.45, 2.75) is 51.9 Å². The maximum absolute atomic E-state index is 13.0. The standard InChI is InChI=1S/C29H40N2O3/c1-3-33-26-13-11-24(12-14-26)22-28(32)31-18-16-29(17-19-31)15-7-6-9-25-8-4-5-10-27(25)34-21-20-30(2)23-29/h4-5,8,10-14H,3,6-7,9,15-23H2,1-2H3. The maximum atomic E-state index is 13.0. The minimum absolute atomic E-state index is 0.241. The average Bonchev–Trinajstić information content (AvgIpc) is 2.84. The number of fused-ring (bicyclic) bond motifs is 1. The van der Waals surface area contributed by atoms with Crippen LogP contribution in [-0.4, -0.2) is 62.1 Å². The molecule has 0 radical (unpaired) electrons. The van der Waals surface area contributed by atoms with Gasteiger partial charge in [0, 0.05) is 26.2 Å². The highest BCUT2D eigenvalue weighted by Crippen LogP contribution is 2.38. The van der Waals surface area contributed by atoms with Crippen LogP contribution in [0.2, 0.25) is 0 Å². The largest absolute Gasteiger partial charge is 0.494 e. The first kappa shape index (κ1) is 24.6. The molecule has 2 aliphatic rings. The first-order valence-corrected chi connectivity index (χ1v) is 13.0. The Morgan fingerprint density at radius 2 is 1.76 bits per heavy atom. The Hall–Kier alpha value is -2.53. The third kappa shape index (κ3) is 6.53. The lowest BCUT2D eigenvalue weighted by Crippen LogP contribution is -2.48. The van der Waals surface area contributed by atoms with E-state index < -0.39 is 0 Å². The van der Waals surface area contributed by atoms with Gasteiger partial charge < -0.3 is 19.3 Å². The van der Waals surface area contributed by atoms with Crippen molar-refractivity contribution >= 4 is 5.91 Å². The molecular formula is C29H40N2O3. The van der Waals surface area contributed by atoms with E-state index in [1.165, 1.54) is 24.8 Å². The van der Waals surface area contributed by atoms with Gasteiger partial charge in [0.2, 0.25) is 5.91 Å². The average molecular weight is 465 g/mol. The van der Waals surface area contributed by atoms with E-state index >= 15 is 0 Å². The zero-order valence-corrected chi connectivity index (χ0v) is 20.9. The van der Waals surface area contributed by atoms with Gasteiger partial charge in [0.15, 0.2) is 0 Å². The molecule has 2 aromatic carbocycles. The summed E-state index contributed by atoms with van der Waals surface area (Å²) in [6, 6.07) is 16.4. The van der Waals surface area contributed by atoms with Gasteiger partial charge in [0.05, 0.1) is 13.0 Å². The summed E-state index contributed by atoms with van der Waals surface area (Å²) in [5, 5.41) is 0. The Kier molecular flexibility index (Phi) is 8.49. The van der Waals surface area contributed by atoms with Crippen molar-refractivity contribution in [3.8, 4) is 11.5 Å². The Bertz CT molecular complexity index is 919. The highest BCUT2D eigenvalue weighted by Gasteiger charge is 2.36. The second kappa shape index (κ2) is 11.7. The van der Waals surface area contributed by atoms with Crippen molar-refractivity contribution in [2.24, 2.45) is 5.41 Å². The summed E-state index contributed by atoms with van der Waals surface area (Å²) in [5.41, 5.74) is 2.68. The molecule has 1 spiro atoms. The molecule has 1 fully saturated rings. The molecule has 0 aromatic heterocycles. The Morgan fingerprint density at radius 1 is 1.00 bits per heavy atom. The number of nitrogens with zero attached hydrogens (tertiary/aromatic N) is 2. The van der Waals surface area contributed by atoms with Gasteiger partial charge in [0.1, 0.15) is 18.1 Å². The molecular weight excluding hydrogens is 424 g/mol. The molecule has 4 rings (SSSR count). The Balaban J connectivity index is 1.33. The monoisotopic (exact) mass is 464 g/mol. The van der Waals surface area contributed by atoms with E-state index in [1.807, 2.05) is 31.2 Å². The number of rotatable bonds is 4. The number of carbonyl (C=O) groups excluding carboxylic acids is 1.